The van der Waals surface area contributed by atoms with Crippen LogP contribution in [-0.4, -0.2) is 32.4 Å². The lowest BCUT2D eigenvalue weighted by atomic mass is 10.0. The van der Waals surface area contributed by atoms with Gasteiger partial charge in [-0.3, -0.25) is 9.20 Å². The lowest BCUT2D eigenvalue weighted by Gasteiger charge is -2.19. The molecule has 0 bridgehead atoms. The van der Waals surface area contributed by atoms with Gasteiger partial charge in [-0.1, -0.05) is 29.8 Å². The third-order valence-electron chi connectivity index (χ3n) is 3.91. The molecule has 6 nitrogen and oxygen atoms in total. The molecule has 1 atom stereocenters. The fourth-order valence-electron chi connectivity index (χ4n) is 2.54. The number of alkyl halides is 2. The Hall–Kier alpha value is -2.58. The summed E-state index contributed by atoms with van der Waals surface area (Å²) in [7, 11) is 0. The van der Waals surface area contributed by atoms with Crippen molar-refractivity contribution >= 4 is 29.5 Å². The first-order chi connectivity index (χ1) is 12.3. The number of imidazole rings is 1. The fraction of sp³-hybridized carbons (Fsp3) is 0.235. The maximum Gasteiger partial charge on any atom is 0.295 e. The molecule has 2 N–H and O–H groups in total. The summed E-state index contributed by atoms with van der Waals surface area (Å²) in [6.07, 6.45) is 2.10. The standard InChI is InChI=1S/C17H15ClF2N4O2/c1-10(11-3-2-4-12(5-11)17(19,20)9-26)21-16-23-14(18)6-15-22-13(8-25)7-24(15)16/h2-8,10,26H,9H2,1H3,(H,21,23)/t10-/m1/s1. The van der Waals surface area contributed by atoms with E-state index < -0.39 is 18.6 Å². The third-order valence-corrected chi connectivity index (χ3v) is 4.11. The summed E-state index contributed by atoms with van der Waals surface area (Å²) in [4.78, 5) is 19.2. The molecule has 26 heavy (non-hydrogen) atoms. The molecule has 0 aliphatic heterocycles. The molecule has 3 rings (SSSR count). The van der Waals surface area contributed by atoms with Crippen LogP contribution in [0.15, 0.2) is 36.5 Å². The Bertz CT molecular complexity index is 961. The van der Waals surface area contributed by atoms with Crippen LogP contribution in [0.4, 0.5) is 14.7 Å². The van der Waals surface area contributed by atoms with Crippen molar-refractivity contribution in [1.82, 2.24) is 14.4 Å². The summed E-state index contributed by atoms with van der Waals surface area (Å²) >= 11 is 5.99. The topological polar surface area (TPSA) is 79.5 Å². The number of anilines is 1. The molecular formula is C17H15ClF2N4O2. The van der Waals surface area contributed by atoms with E-state index in [-0.39, 0.29) is 16.4 Å². The van der Waals surface area contributed by atoms with E-state index in [1.54, 1.807) is 17.4 Å². The van der Waals surface area contributed by atoms with Crippen molar-refractivity contribution in [3.63, 3.8) is 0 Å². The number of rotatable bonds is 6. The van der Waals surface area contributed by atoms with Gasteiger partial charge < -0.3 is 10.4 Å². The molecule has 0 saturated heterocycles. The van der Waals surface area contributed by atoms with E-state index >= 15 is 0 Å². The molecule has 0 radical (unpaired) electrons. The van der Waals surface area contributed by atoms with Crippen molar-refractivity contribution in [1.29, 1.82) is 0 Å². The van der Waals surface area contributed by atoms with Crippen LogP contribution in [0.25, 0.3) is 5.65 Å². The molecule has 0 unspecified atom stereocenters. The Balaban J connectivity index is 1.94. The fourth-order valence-corrected chi connectivity index (χ4v) is 2.72. The van der Waals surface area contributed by atoms with Gasteiger partial charge in [0.25, 0.3) is 5.92 Å². The predicted molar refractivity (Wildman–Crippen MR) is 92.8 cm³/mol. The summed E-state index contributed by atoms with van der Waals surface area (Å²) in [5.74, 6) is -3.00. The number of aliphatic hydroxyl groups excluding tert-OH is 1. The first-order valence-electron chi connectivity index (χ1n) is 7.70. The number of nitrogens with zero attached hydrogens (tertiary/aromatic N) is 3. The van der Waals surface area contributed by atoms with Crippen molar-refractivity contribution in [3.8, 4) is 0 Å². The number of hydrogen-bond acceptors (Lipinski definition) is 5. The molecule has 0 fully saturated rings. The molecule has 2 aromatic heterocycles. The zero-order chi connectivity index (χ0) is 18.9. The molecule has 0 amide bonds. The molecule has 136 valence electrons. The van der Waals surface area contributed by atoms with Crippen molar-refractivity contribution < 1.29 is 18.7 Å². The van der Waals surface area contributed by atoms with Gasteiger partial charge in [-0.2, -0.15) is 8.78 Å². The Morgan fingerprint density at radius 3 is 2.85 bits per heavy atom. The summed E-state index contributed by atoms with van der Waals surface area (Å²) in [5.41, 5.74) is 0.944. The van der Waals surface area contributed by atoms with Crippen molar-refractivity contribution in [2.45, 2.75) is 18.9 Å². The summed E-state index contributed by atoms with van der Waals surface area (Å²) in [6.45, 7) is 0.500. The van der Waals surface area contributed by atoms with Gasteiger partial charge in [-0.25, -0.2) is 9.97 Å². The minimum absolute atomic E-state index is 0.177. The first-order valence-corrected chi connectivity index (χ1v) is 8.08. The van der Waals surface area contributed by atoms with Crippen LogP contribution in [0, 0.1) is 0 Å². The van der Waals surface area contributed by atoms with Crippen LogP contribution in [0.3, 0.4) is 0 Å². The number of aliphatic hydroxyl groups is 1. The van der Waals surface area contributed by atoms with E-state index in [1.165, 1.54) is 30.5 Å². The lowest BCUT2D eigenvalue weighted by Crippen LogP contribution is -2.19. The molecule has 0 saturated carbocycles. The van der Waals surface area contributed by atoms with E-state index in [2.05, 4.69) is 15.3 Å². The highest BCUT2D eigenvalue weighted by atomic mass is 35.5. The van der Waals surface area contributed by atoms with E-state index in [0.29, 0.717) is 23.4 Å². The Morgan fingerprint density at radius 2 is 2.15 bits per heavy atom. The normalized spacial score (nSPS) is 13.0. The molecule has 0 aliphatic rings. The average molecular weight is 381 g/mol. The maximum atomic E-state index is 13.7. The van der Waals surface area contributed by atoms with Crippen LogP contribution < -0.4 is 5.32 Å². The van der Waals surface area contributed by atoms with Gasteiger partial charge in [0.05, 0.1) is 6.04 Å². The van der Waals surface area contributed by atoms with Gasteiger partial charge in [0.2, 0.25) is 5.95 Å². The molecule has 1 aromatic carbocycles. The minimum atomic E-state index is -3.32. The second-order valence-electron chi connectivity index (χ2n) is 5.77. The highest BCUT2D eigenvalue weighted by molar-refractivity contribution is 6.29. The quantitative estimate of drug-likeness (QED) is 0.505. The van der Waals surface area contributed by atoms with Crippen LogP contribution in [0.2, 0.25) is 5.15 Å². The zero-order valence-electron chi connectivity index (χ0n) is 13.7. The molecule has 2 heterocycles. The number of halogens is 3. The van der Waals surface area contributed by atoms with Crippen LogP contribution in [0.1, 0.15) is 34.6 Å². The Morgan fingerprint density at radius 1 is 1.38 bits per heavy atom. The molecular weight excluding hydrogens is 366 g/mol. The number of aromatic nitrogens is 3. The first kappa shape index (κ1) is 18.2. The SMILES string of the molecule is C[C@@H](Nc1nc(Cl)cc2nc(C=O)cn12)c1cccc(C(F)(F)CO)c1. The van der Waals surface area contributed by atoms with Crippen LogP contribution >= 0.6 is 11.6 Å². The monoisotopic (exact) mass is 380 g/mol. The number of carbonyl (C=O) groups excluding carboxylic acids is 1. The summed E-state index contributed by atoms with van der Waals surface area (Å²) in [6, 6.07) is 6.86. The second-order valence-corrected chi connectivity index (χ2v) is 6.16. The smallest absolute Gasteiger partial charge is 0.295 e. The number of carbonyl (C=O) groups is 1. The second kappa shape index (κ2) is 6.97. The van der Waals surface area contributed by atoms with Gasteiger partial charge in [-0.15, -0.1) is 0 Å². The van der Waals surface area contributed by atoms with Gasteiger partial charge in [0.1, 0.15) is 23.1 Å². The van der Waals surface area contributed by atoms with Crippen molar-refractivity contribution in [2.75, 3.05) is 11.9 Å². The largest absolute Gasteiger partial charge is 0.390 e. The van der Waals surface area contributed by atoms with E-state index in [0.717, 1.165) is 0 Å². The number of benzene rings is 1. The molecule has 0 spiro atoms. The summed E-state index contributed by atoms with van der Waals surface area (Å²) < 4.78 is 29.0. The van der Waals surface area contributed by atoms with Gasteiger partial charge in [0.15, 0.2) is 6.29 Å². The lowest BCUT2D eigenvalue weighted by molar-refractivity contribution is -0.0556. The molecule has 9 heteroatoms. The Labute approximate surface area is 152 Å². The third kappa shape index (κ3) is 3.51. The average Bonchev–Trinajstić information content (AvgIpc) is 3.05. The van der Waals surface area contributed by atoms with Crippen molar-refractivity contribution in [2.24, 2.45) is 0 Å². The van der Waals surface area contributed by atoms with Crippen molar-refractivity contribution in [3.05, 3.63) is 58.5 Å². The van der Waals surface area contributed by atoms with Gasteiger partial charge in [0, 0.05) is 17.8 Å². The number of fused-ring (bicyclic) bond motifs is 1. The van der Waals surface area contributed by atoms with E-state index in [1.807, 2.05) is 0 Å². The van der Waals surface area contributed by atoms with Crippen LogP contribution in [-0.2, 0) is 5.92 Å². The highest BCUT2D eigenvalue weighted by Crippen LogP contribution is 2.30. The van der Waals surface area contributed by atoms with Crippen LogP contribution in [0.5, 0.6) is 0 Å². The predicted octanol–water partition coefficient (Wildman–Crippen LogP) is 3.45. The van der Waals surface area contributed by atoms with E-state index in [4.69, 9.17) is 16.7 Å². The number of aldehydes is 1. The van der Waals surface area contributed by atoms with Gasteiger partial charge in [-0.05, 0) is 18.6 Å². The molecule has 3 aromatic rings. The Kier molecular flexibility index (Phi) is 4.88. The number of nitrogens with one attached hydrogen (secondary N) is 1. The zero-order valence-corrected chi connectivity index (χ0v) is 14.4. The molecule has 0 aliphatic carbocycles. The number of hydrogen-bond donors (Lipinski definition) is 2. The highest BCUT2D eigenvalue weighted by Gasteiger charge is 2.30. The summed E-state index contributed by atoms with van der Waals surface area (Å²) in [5, 5.41) is 12.1. The maximum absolute atomic E-state index is 13.7. The minimum Gasteiger partial charge on any atom is -0.390 e. The van der Waals surface area contributed by atoms with Gasteiger partial charge >= 0.3 is 0 Å². The van der Waals surface area contributed by atoms with E-state index in [9.17, 15) is 13.6 Å².